The van der Waals surface area contributed by atoms with Crippen molar-refractivity contribution in [1.82, 2.24) is 15.5 Å². The highest BCUT2D eigenvalue weighted by Crippen LogP contribution is 2.15. The highest BCUT2D eigenvalue weighted by atomic mass is 19.1. The Bertz CT molecular complexity index is 532. The van der Waals surface area contributed by atoms with E-state index in [1.54, 1.807) is 17.0 Å². The van der Waals surface area contributed by atoms with Crippen LogP contribution in [-0.2, 0) is 16.0 Å². The molecular formula is C14H16FN3O2. The number of halogens is 1. The highest BCUT2D eigenvalue weighted by Gasteiger charge is 2.41. The van der Waals surface area contributed by atoms with E-state index in [1.807, 2.05) is 0 Å². The van der Waals surface area contributed by atoms with Gasteiger partial charge in [-0.2, -0.15) is 0 Å². The predicted molar refractivity (Wildman–Crippen MR) is 70.4 cm³/mol. The van der Waals surface area contributed by atoms with Crippen LogP contribution >= 0.6 is 0 Å². The average molecular weight is 277 g/mol. The second-order valence-corrected chi connectivity index (χ2v) is 5.14. The van der Waals surface area contributed by atoms with Crippen LogP contribution in [0.5, 0.6) is 0 Å². The standard InChI is InChI=1S/C14H16FN3O2/c15-10-3-1-9(2-4-10)7-11-14(20)18-6-5-16-8-12(18)13(19)17-11/h1-4,11-12,16H,5-8H2,(H,17,19)/t11-,12-/m0/s1. The number of fused-ring (bicyclic) bond motifs is 1. The summed E-state index contributed by atoms with van der Waals surface area (Å²) in [6, 6.07) is 5.04. The largest absolute Gasteiger partial charge is 0.342 e. The predicted octanol–water partition coefficient (Wildman–Crippen LogP) is -0.333. The summed E-state index contributed by atoms with van der Waals surface area (Å²) in [6.45, 7) is 1.76. The quantitative estimate of drug-likeness (QED) is 0.778. The third kappa shape index (κ3) is 2.38. The second kappa shape index (κ2) is 5.20. The minimum atomic E-state index is -0.553. The van der Waals surface area contributed by atoms with Gasteiger partial charge in [-0.1, -0.05) is 12.1 Å². The summed E-state index contributed by atoms with van der Waals surface area (Å²) in [5.41, 5.74) is 0.832. The maximum absolute atomic E-state index is 12.9. The van der Waals surface area contributed by atoms with Gasteiger partial charge in [0.25, 0.3) is 0 Å². The number of piperazine rings is 2. The van der Waals surface area contributed by atoms with Crippen molar-refractivity contribution in [2.75, 3.05) is 19.6 Å². The van der Waals surface area contributed by atoms with Gasteiger partial charge in [-0.25, -0.2) is 4.39 Å². The molecule has 2 amide bonds. The number of hydrogen-bond acceptors (Lipinski definition) is 3. The smallest absolute Gasteiger partial charge is 0.246 e. The molecule has 2 N–H and O–H groups in total. The van der Waals surface area contributed by atoms with Crippen LogP contribution in [0, 0.1) is 5.82 Å². The van der Waals surface area contributed by atoms with Crippen molar-refractivity contribution in [1.29, 1.82) is 0 Å². The summed E-state index contributed by atoms with van der Waals surface area (Å²) < 4.78 is 12.9. The number of nitrogens with zero attached hydrogens (tertiary/aromatic N) is 1. The molecule has 2 heterocycles. The number of hydrogen-bond donors (Lipinski definition) is 2. The third-order valence-corrected chi connectivity index (χ3v) is 3.80. The molecule has 0 aliphatic carbocycles. The molecule has 2 fully saturated rings. The van der Waals surface area contributed by atoms with Crippen molar-refractivity contribution in [3.05, 3.63) is 35.6 Å². The molecule has 2 aliphatic rings. The summed E-state index contributed by atoms with van der Waals surface area (Å²) >= 11 is 0. The Morgan fingerprint density at radius 3 is 2.75 bits per heavy atom. The molecule has 0 bridgehead atoms. The van der Waals surface area contributed by atoms with Crippen LogP contribution in [0.2, 0.25) is 0 Å². The summed E-state index contributed by atoms with van der Waals surface area (Å²) in [5, 5.41) is 5.87. The summed E-state index contributed by atoms with van der Waals surface area (Å²) in [6.07, 6.45) is 0.390. The number of carbonyl (C=O) groups excluding carboxylic acids is 2. The highest BCUT2D eigenvalue weighted by molar-refractivity contribution is 5.97. The van der Waals surface area contributed by atoms with Crippen LogP contribution < -0.4 is 10.6 Å². The molecule has 0 aromatic heterocycles. The fourth-order valence-electron chi connectivity index (χ4n) is 2.73. The Labute approximate surface area is 116 Å². The first kappa shape index (κ1) is 13.1. The minimum absolute atomic E-state index is 0.0552. The fourth-order valence-corrected chi connectivity index (χ4v) is 2.73. The zero-order valence-electron chi connectivity index (χ0n) is 10.9. The lowest BCUT2D eigenvalue weighted by Gasteiger charge is -2.41. The first-order valence-electron chi connectivity index (χ1n) is 6.71. The van der Waals surface area contributed by atoms with Gasteiger partial charge < -0.3 is 15.5 Å². The lowest BCUT2D eigenvalue weighted by molar-refractivity contribution is -0.150. The van der Waals surface area contributed by atoms with Gasteiger partial charge in [-0.3, -0.25) is 9.59 Å². The molecule has 1 aromatic carbocycles. The SMILES string of the molecule is O=C1N[C@@H](Cc2ccc(F)cc2)C(=O)N2CCNC[C@@H]12. The summed E-state index contributed by atoms with van der Waals surface area (Å²) in [4.78, 5) is 26.1. The maximum Gasteiger partial charge on any atom is 0.246 e. The van der Waals surface area contributed by atoms with Gasteiger partial charge in [0.1, 0.15) is 17.9 Å². The van der Waals surface area contributed by atoms with Crippen molar-refractivity contribution >= 4 is 11.8 Å². The van der Waals surface area contributed by atoms with E-state index in [1.165, 1.54) is 12.1 Å². The number of benzene rings is 1. The topological polar surface area (TPSA) is 61.4 Å². The van der Waals surface area contributed by atoms with E-state index in [-0.39, 0.29) is 17.6 Å². The Balaban J connectivity index is 1.75. The molecule has 0 unspecified atom stereocenters. The first-order valence-corrected chi connectivity index (χ1v) is 6.71. The van der Waals surface area contributed by atoms with Crippen molar-refractivity contribution in [3.63, 3.8) is 0 Å². The Hall–Kier alpha value is -1.95. The van der Waals surface area contributed by atoms with E-state index in [9.17, 15) is 14.0 Å². The maximum atomic E-state index is 12.9. The number of nitrogens with one attached hydrogen (secondary N) is 2. The minimum Gasteiger partial charge on any atom is -0.342 e. The molecule has 1 aromatic rings. The molecule has 0 radical (unpaired) electrons. The van der Waals surface area contributed by atoms with Gasteiger partial charge in [0.15, 0.2) is 0 Å². The van der Waals surface area contributed by atoms with Crippen molar-refractivity contribution < 1.29 is 14.0 Å². The van der Waals surface area contributed by atoms with E-state index in [0.717, 1.165) is 5.56 Å². The van der Waals surface area contributed by atoms with Gasteiger partial charge in [-0.05, 0) is 17.7 Å². The average Bonchev–Trinajstić information content (AvgIpc) is 2.47. The van der Waals surface area contributed by atoms with E-state index in [0.29, 0.717) is 26.1 Å². The number of rotatable bonds is 2. The Kier molecular flexibility index (Phi) is 3.40. The van der Waals surface area contributed by atoms with Gasteiger partial charge in [0.05, 0.1) is 0 Å². The molecule has 2 saturated heterocycles. The van der Waals surface area contributed by atoms with Crippen molar-refractivity contribution in [2.45, 2.75) is 18.5 Å². The molecule has 3 rings (SSSR count). The molecule has 6 heteroatoms. The molecule has 0 spiro atoms. The monoisotopic (exact) mass is 277 g/mol. The van der Waals surface area contributed by atoms with Crippen LogP contribution in [0.1, 0.15) is 5.56 Å². The van der Waals surface area contributed by atoms with Crippen LogP contribution in [-0.4, -0.2) is 48.4 Å². The molecular weight excluding hydrogens is 261 g/mol. The van der Waals surface area contributed by atoms with Gasteiger partial charge in [0.2, 0.25) is 11.8 Å². The third-order valence-electron chi connectivity index (χ3n) is 3.80. The van der Waals surface area contributed by atoms with E-state index < -0.39 is 12.1 Å². The van der Waals surface area contributed by atoms with Crippen LogP contribution in [0.25, 0.3) is 0 Å². The Morgan fingerprint density at radius 2 is 2.00 bits per heavy atom. The summed E-state index contributed by atoms with van der Waals surface area (Å²) in [5.74, 6) is -0.487. The zero-order valence-corrected chi connectivity index (χ0v) is 10.9. The molecule has 106 valence electrons. The molecule has 2 aliphatic heterocycles. The molecule has 0 saturated carbocycles. The first-order chi connectivity index (χ1) is 9.65. The van der Waals surface area contributed by atoms with Crippen molar-refractivity contribution in [3.8, 4) is 0 Å². The lowest BCUT2D eigenvalue weighted by Crippen LogP contribution is -2.69. The van der Waals surface area contributed by atoms with Crippen LogP contribution in [0.3, 0.4) is 0 Å². The van der Waals surface area contributed by atoms with Gasteiger partial charge in [-0.15, -0.1) is 0 Å². The van der Waals surface area contributed by atoms with E-state index in [4.69, 9.17) is 0 Å². The molecule has 5 nitrogen and oxygen atoms in total. The van der Waals surface area contributed by atoms with E-state index in [2.05, 4.69) is 10.6 Å². The number of carbonyl (C=O) groups is 2. The van der Waals surface area contributed by atoms with Crippen molar-refractivity contribution in [2.24, 2.45) is 0 Å². The zero-order chi connectivity index (χ0) is 14.1. The van der Waals surface area contributed by atoms with E-state index >= 15 is 0 Å². The van der Waals surface area contributed by atoms with Gasteiger partial charge in [0, 0.05) is 26.1 Å². The Morgan fingerprint density at radius 1 is 1.25 bits per heavy atom. The van der Waals surface area contributed by atoms with Gasteiger partial charge >= 0.3 is 0 Å². The second-order valence-electron chi connectivity index (χ2n) is 5.14. The van der Waals surface area contributed by atoms with Crippen LogP contribution in [0.4, 0.5) is 4.39 Å². The summed E-state index contributed by atoms with van der Waals surface area (Å²) in [7, 11) is 0. The molecule has 2 atom stereocenters. The fraction of sp³-hybridized carbons (Fsp3) is 0.429. The van der Waals surface area contributed by atoms with Crippen LogP contribution in [0.15, 0.2) is 24.3 Å². The lowest BCUT2D eigenvalue weighted by atomic mass is 9.99. The number of amides is 2. The molecule has 20 heavy (non-hydrogen) atoms. The normalized spacial score (nSPS) is 26.1.